The molecule has 7 rings (SSSR count). The Morgan fingerprint density at radius 3 is 2.50 bits per heavy atom. The Kier molecular flexibility index (Phi) is 7.48. The molecular formula is C37H28N4O5. The van der Waals surface area contributed by atoms with E-state index in [0.717, 1.165) is 21.7 Å². The Morgan fingerprint density at radius 1 is 0.891 bits per heavy atom. The van der Waals surface area contributed by atoms with Gasteiger partial charge < -0.3 is 19.2 Å². The molecule has 2 heterocycles. The van der Waals surface area contributed by atoms with Gasteiger partial charge in [0.25, 0.3) is 11.5 Å². The van der Waals surface area contributed by atoms with Gasteiger partial charge in [0.2, 0.25) is 5.82 Å². The third-order valence-electron chi connectivity index (χ3n) is 7.64. The maximum absolute atomic E-state index is 13.9. The Hall–Kier alpha value is -6.22. The molecule has 0 aliphatic carbocycles. The fourth-order valence-electron chi connectivity index (χ4n) is 5.34. The first-order valence-electron chi connectivity index (χ1n) is 14.6. The number of amides is 1. The Bertz CT molecular complexity index is 2340. The highest BCUT2D eigenvalue weighted by atomic mass is 16.5. The normalized spacial score (nSPS) is 11.4. The zero-order valence-corrected chi connectivity index (χ0v) is 25.1. The lowest BCUT2D eigenvalue weighted by atomic mass is 10.0. The van der Waals surface area contributed by atoms with Gasteiger partial charge in [-0.15, -0.1) is 0 Å². The van der Waals surface area contributed by atoms with Crippen LogP contribution in [0.2, 0.25) is 0 Å². The zero-order valence-electron chi connectivity index (χ0n) is 25.1. The number of aromatic nitrogens is 2. The number of ether oxygens (including phenoxy) is 2. The molecule has 2 aromatic heterocycles. The van der Waals surface area contributed by atoms with E-state index in [0.29, 0.717) is 45.0 Å². The predicted octanol–water partition coefficient (Wildman–Crippen LogP) is 7.18. The molecule has 7 aromatic rings. The van der Waals surface area contributed by atoms with Crippen LogP contribution in [0.15, 0.2) is 124 Å². The van der Waals surface area contributed by atoms with E-state index >= 15 is 0 Å². The maximum atomic E-state index is 13.9. The van der Waals surface area contributed by atoms with E-state index in [2.05, 4.69) is 10.4 Å². The smallest absolute Gasteiger partial charge is 0.282 e. The highest BCUT2D eigenvalue weighted by molar-refractivity contribution is 6.03. The third-order valence-corrected chi connectivity index (χ3v) is 7.64. The first-order chi connectivity index (χ1) is 22.5. The molecule has 0 bridgehead atoms. The van der Waals surface area contributed by atoms with Crippen molar-refractivity contribution >= 4 is 50.5 Å². The minimum absolute atomic E-state index is 0.221. The summed E-state index contributed by atoms with van der Waals surface area (Å²) in [5.74, 6) is 1.32. The van der Waals surface area contributed by atoms with Gasteiger partial charge >= 0.3 is 0 Å². The molecule has 1 N–H and O–H groups in total. The summed E-state index contributed by atoms with van der Waals surface area (Å²) in [6, 6.07) is 33.3. The molecule has 9 nitrogen and oxygen atoms in total. The van der Waals surface area contributed by atoms with Crippen molar-refractivity contribution in [3.63, 3.8) is 0 Å². The van der Waals surface area contributed by atoms with Gasteiger partial charge in [0, 0.05) is 11.3 Å². The second kappa shape index (κ2) is 12.0. The van der Waals surface area contributed by atoms with Gasteiger partial charge in [-0.25, -0.2) is 4.98 Å². The van der Waals surface area contributed by atoms with Gasteiger partial charge in [-0.05, 0) is 66.2 Å². The fraction of sp³-hybridized carbons (Fsp3) is 0.0811. The molecule has 0 unspecified atom stereocenters. The van der Waals surface area contributed by atoms with Crippen LogP contribution >= 0.6 is 0 Å². The van der Waals surface area contributed by atoms with Gasteiger partial charge in [-0.1, -0.05) is 66.2 Å². The van der Waals surface area contributed by atoms with Crippen molar-refractivity contribution in [1.29, 1.82) is 0 Å². The molecule has 0 saturated carbocycles. The number of nitrogens with zero attached hydrogens (tertiary/aromatic N) is 3. The first-order valence-corrected chi connectivity index (χ1v) is 14.6. The molecule has 226 valence electrons. The Labute approximate surface area is 263 Å². The van der Waals surface area contributed by atoms with Crippen LogP contribution in [0.1, 0.15) is 11.1 Å². The van der Waals surface area contributed by atoms with Gasteiger partial charge in [0.15, 0.2) is 12.4 Å². The SMILES string of the molecule is COc1cccc2oc(-c3nc4ccccc4c(=O)n3N=Cc3c(OCC(=O)Nc4ccc(C)cc4)ccc4ccccc34)cc12. The molecule has 0 aliphatic heterocycles. The maximum Gasteiger partial charge on any atom is 0.282 e. The number of hydrogen-bond donors (Lipinski definition) is 1. The molecule has 0 aliphatic rings. The van der Waals surface area contributed by atoms with Crippen LogP contribution in [0.5, 0.6) is 11.5 Å². The number of nitrogens with one attached hydrogen (secondary N) is 1. The number of carbonyl (C=O) groups excluding carboxylic acids is 1. The second-order valence-corrected chi connectivity index (χ2v) is 10.7. The number of benzene rings is 5. The van der Waals surface area contributed by atoms with E-state index in [1.54, 1.807) is 43.7 Å². The lowest BCUT2D eigenvalue weighted by Gasteiger charge is -2.13. The molecule has 0 saturated heterocycles. The van der Waals surface area contributed by atoms with Crippen LogP contribution in [0.3, 0.4) is 0 Å². The minimum atomic E-state index is -0.371. The number of anilines is 1. The van der Waals surface area contributed by atoms with Crippen LogP contribution < -0.4 is 20.3 Å². The average molecular weight is 609 g/mol. The summed E-state index contributed by atoms with van der Waals surface area (Å²) in [6.45, 7) is 1.76. The van der Waals surface area contributed by atoms with E-state index in [4.69, 9.17) is 18.9 Å². The van der Waals surface area contributed by atoms with E-state index in [9.17, 15) is 9.59 Å². The average Bonchev–Trinajstić information content (AvgIpc) is 3.53. The quantitative estimate of drug-likeness (QED) is 0.183. The van der Waals surface area contributed by atoms with Crippen molar-refractivity contribution in [2.24, 2.45) is 5.10 Å². The number of fused-ring (bicyclic) bond motifs is 3. The number of methoxy groups -OCH3 is 1. The van der Waals surface area contributed by atoms with Gasteiger partial charge in [0.05, 0.1) is 29.6 Å². The van der Waals surface area contributed by atoms with Crippen molar-refractivity contribution in [3.8, 4) is 23.1 Å². The van der Waals surface area contributed by atoms with Crippen molar-refractivity contribution < 1.29 is 18.7 Å². The van der Waals surface area contributed by atoms with Crippen molar-refractivity contribution in [2.45, 2.75) is 6.92 Å². The van der Waals surface area contributed by atoms with Crippen molar-refractivity contribution in [2.75, 3.05) is 19.0 Å². The summed E-state index contributed by atoms with van der Waals surface area (Å²) in [6.07, 6.45) is 1.56. The summed E-state index contributed by atoms with van der Waals surface area (Å²) < 4.78 is 18.9. The molecule has 46 heavy (non-hydrogen) atoms. The molecule has 0 atom stereocenters. The van der Waals surface area contributed by atoms with E-state index < -0.39 is 0 Å². The lowest BCUT2D eigenvalue weighted by molar-refractivity contribution is -0.118. The fourth-order valence-corrected chi connectivity index (χ4v) is 5.34. The standard InChI is InChI=1S/C37H28N4O5/c1-23-14-17-25(18-15-23)39-35(42)22-45-32-19-16-24-8-3-4-9-26(24)29(32)21-38-41-36(40-30-11-6-5-10-27(30)37(41)43)34-20-28-31(44-2)12-7-13-33(28)46-34/h3-21H,22H2,1-2H3,(H,39,42). The van der Waals surface area contributed by atoms with Gasteiger partial charge in [-0.2, -0.15) is 9.78 Å². The number of carbonyl (C=O) groups is 1. The zero-order chi connectivity index (χ0) is 31.6. The van der Waals surface area contributed by atoms with E-state index in [1.807, 2.05) is 85.8 Å². The molecule has 0 spiro atoms. The first kappa shape index (κ1) is 28.5. The number of para-hydroxylation sites is 1. The largest absolute Gasteiger partial charge is 0.496 e. The van der Waals surface area contributed by atoms with Crippen LogP contribution in [-0.4, -0.2) is 35.5 Å². The van der Waals surface area contributed by atoms with Crippen molar-refractivity contribution in [3.05, 3.63) is 131 Å². The summed E-state index contributed by atoms with van der Waals surface area (Å²) in [5.41, 5.74) is 3.09. The molecule has 9 heteroatoms. The van der Waals surface area contributed by atoms with Gasteiger partial charge in [0.1, 0.15) is 17.1 Å². The van der Waals surface area contributed by atoms with Gasteiger partial charge in [-0.3, -0.25) is 9.59 Å². The van der Waals surface area contributed by atoms with E-state index in [-0.39, 0.29) is 23.9 Å². The Balaban J connectivity index is 1.31. The number of rotatable bonds is 8. The number of hydrogen-bond acceptors (Lipinski definition) is 7. The highest BCUT2D eigenvalue weighted by Crippen LogP contribution is 2.33. The second-order valence-electron chi connectivity index (χ2n) is 10.7. The number of furan rings is 1. The lowest BCUT2D eigenvalue weighted by Crippen LogP contribution is -2.21. The molecule has 0 radical (unpaired) electrons. The minimum Gasteiger partial charge on any atom is -0.496 e. The van der Waals surface area contributed by atoms with E-state index in [1.165, 1.54) is 4.68 Å². The molecular weight excluding hydrogens is 580 g/mol. The molecule has 1 amide bonds. The van der Waals surface area contributed by atoms with Crippen LogP contribution in [0.4, 0.5) is 5.69 Å². The topological polar surface area (TPSA) is 108 Å². The van der Waals surface area contributed by atoms with Crippen LogP contribution in [0, 0.1) is 6.92 Å². The summed E-state index contributed by atoms with van der Waals surface area (Å²) in [4.78, 5) is 31.5. The summed E-state index contributed by atoms with van der Waals surface area (Å²) >= 11 is 0. The van der Waals surface area contributed by atoms with Crippen LogP contribution in [0.25, 0.3) is 44.2 Å². The molecule has 0 fully saturated rings. The van der Waals surface area contributed by atoms with Crippen LogP contribution in [-0.2, 0) is 4.79 Å². The Morgan fingerprint density at radius 2 is 1.67 bits per heavy atom. The number of aryl methyl sites for hydroxylation is 1. The highest BCUT2D eigenvalue weighted by Gasteiger charge is 2.18. The third kappa shape index (κ3) is 5.46. The summed E-state index contributed by atoms with van der Waals surface area (Å²) in [7, 11) is 1.59. The molecule has 5 aromatic carbocycles. The monoisotopic (exact) mass is 608 g/mol. The predicted molar refractivity (Wildman–Crippen MR) is 180 cm³/mol. The van der Waals surface area contributed by atoms with Crippen molar-refractivity contribution in [1.82, 2.24) is 9.66 Å². The summed E-state index contributed by atoms with van der Waals surface area (Å²) in [5, 5.41) is 10.4.